The number of carbonyl (C=O) groups is 1. The Kier molecular flexibility index (Phi) is 7.89. The van der Waals surface area contributed by atoms with Crippen molar-refractivity contribution in [3.63, 3.8) is 0 Å². The van der Waals surface area contributed by atoms with Gasteiger partial charge in [0.25, 0.3) is 5.91 Å². The number of hydrogen-bond acceptors (Lipinski definition) is 6. The molecule has 29 heavy (non-hydrogen) atoms. The number of carbonyl (C=O) groups excluding carboxylic acids is 1. The van der Waals surface area contributed by atoms with Gasteiger partial charge in [-0.25, -0.2) is 8.42 Å². The lowest BCUT2D eigenvalue weighted by molar-refractivity contribution is 0.0730. The number of benzene rings is 1. The molecule has 2 saturated heterocycles. The van der Waals surface area contributed by atoms with Crippen molar-refractivity contribution in [3.05, 3.63) is 28.8 Å². The number of sulfonamides is 1. The largest absolute Gasteiger partial charge is 0.379 e. The van der Waals surface area contributed by atoms with Gasteiger partial charge in [0.15, 0.2) is 0 Å². The molecule has 10 heteroatoms. The average Bonchev–Trinajstić information content (AvgIpc) is 2.73. The van der Waals surface area contributed by atoms with Crippen LogP contribution in [-0.2, 0) is 14.8 Å². The van der Waals surface area contributed by atoms with E-state index in [1.807, 2.05) is 0 Å². The highest BCUT2D eigenvalue weighted by Crippen LogP contribution is 2.23. The average molecular weight is 445 g/mol. The molecule has 162 valence electrons. The van der Waals surface area contributed by atoms with Gasteiger partial charge >= 0.3 is 0 Å². The minimum Gasteiger partial charge on any atom is -0.379 e. The summed E-state index contributed by atoms with van der Waals surface area (Å²) in [4.78, 5) is 17.3. The first kappa shape index (κ1) is 22.5. The van der Waals surface area contributed by atoms with Gasteiger partial charge in [0, 0.05) is 45.8 Å². The van der Waals surface area contributed by atoms with Crippen molar-refractivity contribution in [1.82, 2.24) is 19.4 Å². The number of ether oxygens (including phenoxy) is 1. The molecule has 3 rings (SSSR count). The Balaban J connectivity index is 1.56. The monoisotopic (exact) mass is 444 g/mol. The number of amides is 1. The summed E-state index contributed by atoms with van der Waals surface area (Å²) in [7, 11) is -1.56. The third-order valence-electron chi connectivity index (χ3n) is 5.32. The number of rotatable bonds is 7. The third-order valence-corrected chi connectivity index (χ3v) is 7.55. The Morgan fingerprint density at radius 2 is 1.83 bits per heavy atom. The minimum absolute atomic E-state index is 0.0754. The second-order valence-electron chi connectivity index (χ2n) is 7.41. The fourth-order valence-electron chi connectivity index (χ4n) is 3.45. The van der Waals surface area contributed by atoms with Crippen molar-refractivity contribution >= 4 is 27.5 Å². The van der Waals surface area contributed by atoms with Gasteiger partial charge in [0.05, 0.1) is 28.7 Å². The lowest BCUT2D eigenvalue weighted by atomic mass is 10.2. The number of nitrogens with one attached hydrogen (secondary N) is 1. The number of morpholine rings is 1. The molecule has 0 radical (unpaired) electrons. The van der Waals surface area contributed by atoms with E-state index in [9.17, 15) is 13.2 Å². The zero-order chi connectivity index (χ0) is 20.9. The summed E-state index contributed by atoms with van der Waals surface area (Å²) in [5, 5.41) is 3.10. The van der Waals surface area contributed by atoms with E-state index < -0.39 is 10.0 Å². The Hall–Kier alpha value is -1.23. The van der Waals surface area contributed by atoms with Crippen molar-refractivity contribution in [2.45, 2.75) is 11.3 Å². The van der Waals surface area contributed by atoms with Crippen LogP contribution < -0.4 is 5.32 Å². The summed E-state index contributed by atoms with van der Waals surface area (Å²) < 4.78 is 32.2. The van der Waals surface area contributed by atoms with Crippen LogP contribution in [0, 0.1) is 0 Å². The molecule has 2 aliphatic rings. The zero-order valence-electron chi connectivity index (χ0n) is 16.8. The molecule has 1 aromatic rings. The van der Waals surface area contributed by atoms with Gasteiger partial charge in [0.1, 0.15) is 0 Å². The Bertz CT molecular complexity index is 806. The molecule has 0 aromatic heterocycles. The van der Waals surface area contributed by atoms with E-state index in [2.05, 4.69) is 22.2 Å². The third kappa shape index (κ3) is 5.90. The molecule has 2 fully saturated rings. The van der Waals surface area contributed by atoms with E-state index in [1.54, 1.807) is 0 Å². The smallest absolute Gasteiger partial charge is 0.252 e. The molecule has 0 bridgehead atoms. The first-order valence-electron chi connectivity index (χ1n) is 9.94. The fourth-order valence-corrected chi connectivity index (χ4v) is 5.08. The summed E-state index contributed by atoms with van der Waals surface area (Å²) >= 11 is 6.17. The molecule has 1 N–H and O–H groups in total. The summed E-state index contributed by atoms with van der Waals surface area (Å²) in [5.41, 5.74) is 0.181. The van der Waals surface area contributed by atoms with Gasteiger partial charge in [-0.3, -0.25) is 4.79 Å². The molecule has 0 atom stereocenters. The van der Waals surface area contributed by atoms with E-state index in [0.717, 1.165) is 39.1 Å². The van der Waals surface area contributed by atoms with Crippen molar-refractivity contribution < 1.29 is 17.9 Å². The molecular weight excluding hydrogens is 416 g/mol. The van der Waals surface area contributed by atoms with Crippen molar-refractivity contribution in [2.75, 3.05) is 72.6 Å². The van der Waals surface area contributed by atoms with Gasteiger partial charge in [-0.05, 0) is 38.2 Å². The molecule has 1 amide bonds. The first-order valence-corrected chi connectivity index (χ1v) is 11.8. The molecule has 0 saturated carbocycles. The van der Waals surface area contributed by atoms with Crippen LogP contribution in [-0.4, -0.2) is 101 Å². The van der Waals surface area contributed by atoms with Crippen LogP contribution in [0.5, 0.6) is 0 Å². The normalized spacial score (nSPS) is 19.9. The van der Waals surface area contributed by atoms with E-state index in [4.69, 9.17) is 16.3 Å². The SMILES string of the molecule is CN1CCN(CCCNC(=O)c2cc(S(=O)(=O)N3CCOCC3)ccc2Cl)CC1. The molecule has 0 aliphatic carbocycles. The van der Waals surface area contributed by atoms with E-state index in [0.29, 0.717) is 32.8 Å². The predicted octanol–water partition coefficient (Wildman–Crippen LogP) is 0.728. The Morgan fingerprint density at radius 3 is 2.52 bits per heavy atom. The molecule has 0 spiro atoms. The van der Waals surface area contributed by atoms with Crippen LogP contribution in [0.25, 0.3) is 0 Å². The maximum Gasteiger partial charge on any atom is 0.252 e. The van der Waals surface area contributed by atoms with Gasteiger partial charge in [-0.1, -0.05) is 11.6 Å². The van der Waals surface area contributed by atoms with Gasteiger partial charge < -0.3 is 19.9 Å². The van der Waals surface area contributed by atoms with E-state index >= 15 is 0 Å². The van der Waals surface area contributed by atoms with Crippen LogP contribution in [0.15, 0.2) is 23.1 Å². The molecule has 0 unspecified atom stereocenters. The van der Waals surface area contributed by atoms with Crippen LogP contribution >= 0.6 is 11.6 Å². The van der Waals surface area contributed by atoms with Crippen LogP contribution in [0.1, 0.15) is 16.8 Å². The summed E-state index contributed by atoms with van der Waals surface area (Å²) in [6.07, 6.45) is 0.832. The molecule has 2 heterocycles. The first-order chi connectivity index (χ1) is 13.9. The quantitative estimate of drug-likeness (QED) is 0.624. The fraction of sp³-hybridized carbons (Fsp3) is 0.632. The highest BCUT2D eigenvalue weighted by molar-refractivity contribution is 7.89. The van der Waals surface area contributed by atoms with Gasteiger partial charge in [0.2, 0.25) is 10.0 Å². The molecule has 8 nitrogen and oxygen atoms in total. The van der Waals surface area contributed by atoms with Crippen molar-refractivity contribution in [1.29, 1.82) is 0 Å². The number of hydrogen-bond donors (Lipinski definition) is 1. The second kappa shape index (κ2) is 10.2. The van der Waals surface area contributed by atoms with E-state index in [-0.39, 0.29) is 21.4 Å². The summed E-state index contributed by atoms with van der Waals surface area (Å²) in [6.45, 7) is 6.99. The number of piperazine rings is 1. The number of likely N-dealkylation sites (N-methyl/N-ethyl adjacent to an activating group) is 1. The second-order valence-corrected chi connectivity index (χ2v) is 9.76. The predicted molar refractivity (Wildman–Crippen MR) is 112 cm³/mol. The zero-order valence-corrected chi connectivity index (χ0v) is 18.3. The molecular formula is C19H29ClN4O4S. The van der Waals surface area contributed by atoms with E-state index in [1.165, 1.54) is 22.5 Å². The highest BCUT2D eigenvalue weighted by atomic mass is 35.5. The number of halogens is 1. The number of nitrogens with zero attached hydrogens (tertiary/aromatic N) is 3. The molecule has 1 aromatic carbocycles. The minimum atomic E-state index is -3.67. The van der Waals surface area contributed by atoms with Crippen molar-refractivity contribution in [3.8, 4) is 0 Å². The summed E-state index contributed by atoms with van der Waals surface area (Å²) in [6, 6.07) is 4.27. The highest BCUT2D eigenvalue weighted by Gasteiger charge is 2.27. The lowest BCUT2D eigenvalue weighted by Gasteiger charge is -2.32. The summed E-state index contributed by atoms with van der Waals surface area (Å²) in [5.74, 6) is -0.354. The van der Waals surface area contributed by atoms with Crippen LogP contribution in [0.4, 0.5) is 0 Å². The van der Waals surface area contributed by atoms with Gasteiger partial charge in [-0.15, -0.1) is 0 Å². The Labute approximate surface area is 177 Å². The molecule has 2 aliphatic heterocycles. The topological polar surface area (TPSA) is 82.2 Å². The van der Waals surface area contributed by atoms with Crippen LogP contribution in [0.2, 0.25) is 5.02 Å². The van der Waals surface area contributed by atoms with Crippen molar-refractivity contribution in [2.24, 2.45) is 0 Å². The standard InChI is InChI=1S/C19H29ClN4O4S/c1-22-7-9-23(10-8-22)6-2-5-21-19(25)17-15-16(3-4-18(17)20)29(26,27)24-11-13-28-14-12-24/h3-4,15H,2,5-14H2,1H3,(H,21,25). The lowest BCUT2D eigenvalue weighted by Crippen LogP contribution is -2.45. The van der Waals surface area contributed by atoms with Crippen LogP contribution in [0.3, 0.4) is 0 Å². The maximum atomic E-state index is 12.8. The van der Waals surface area contributed by atoms with Gasteiger partial charge in [-0.2, -0.15) is 4.31 Å². The Morgan fingerprint density at radius 1 is 1.14 bits per heavy atom. The maximum absolute atomic E-state index is 12.8.